The molecule has 0 saturated carbocycles. The summed E-state index contributed by atoms with van der Waals surface area (Å²) in [5, 5.41) is 6.83. The molecular formula is C23H20ClN3O2. The van der Waals surface area contributed by atoms with Crippen LogP contribution in [-0.2, 0) is 11.3 Å². The summed E-state index contributed by atoms with van der Waals surface area (Å²) in [7, 11) is 0. The van der Waals surface area contributed by atoms with Crippen LogP contribution >= 0.6 is 11.6 Å². The molecule has 4 rings (SSSR count). The smallest absolute Gasteiger partial charge is 0.256 e. The Morgan fingerprint density at radius 2 is 1.62 bits per heavy atom. The van der Waals surface area contributed by atoms with Gasteiger partial charge in [-0.2, -0.15) is 0 Å². The van der Waals surface area contributed by atoms with E-state index in [1.807, 2.05) is 72.8 Å². The minimum atomic E-state index is -0.318. The first-order valence-electron chi connectivity index (χ1n) is 9.30. The van der Waals surface area contributed by atoms with Crippen LogP contribution in [0.4, 0.5) is 11.4 Å². The molecule has 0 saturated heterocycles. The molecule has 1 aliphatic heterocycles. The average molecular weight is 406 g/mol. The summed E-state index contributed by atoms with van der Waals surface area (Å²) in [6.07, 6.45) is -0.318. The minimum absolute atomic E-state index is 0.0344. The van der Waals surface area contributed by atoms with Gasteiger partial charge in [-0.15, -0.1) is 0 Å². The van der Waals surface area contributed by atoms with Crippen LogP contribution in [0.15, 0.2) is 72.8 Å². The second kappa shape index (κ2) is 7.97. The maximum absolute atomic E-state index is 13.1. The standard InChI is InChI=1S/C23H20ClN3O2/c1-15(28)25-17-10-12-18(13-11-17)26-22-19-7-3-4-8-20(19)23(29)27(22)14-16-6-2-5-9-21(16)24/h2-13,22,26H,14H2,1H3,(H,25,28)/t22-/m1/s1. The van der Waals surface area contributed by atoms with Gasteiger partial charge in [0.05, 0.1) is 0 Å². The van der Waals surface area contributed by atoms with Crippen molar-refractivity contribution in [1.29, 1.82) is 0 Å². The molecule has 6 heteroatoms. The number of fused-ring (bicyclic) bond motifs is 1. The molecule has 3 aromatic carbocycles. The van der Waals surface area contributed by atoms with Crippen molar-refractivity contribution in [1.82, 2.24) is 4.90 Å². The maximum atomic E-state index is 13.1. The fraction of sp³-hybridized carbons (Fsp3) is 0.130. The molecule has 2 amide bonds. The number of rotatable bonds is 5. The number of nitrogens with zero attached hydrogens (tertiary/aromatic N) is 1. The van der Waals surface area contributed by atoms with Crippen molar-refractivity contribution in [2.45, 2.75) is 19.6 Å². The molecule has 0 radical (unpaired) electrons. The molecule has 1 aliphatic rings. The molecule has 1 atom stereocenters. The Kier molecular flexibility index (Phi) is 5.23. The molecule has 0 aliphatic carbocycles. The van der Waals surface area contributed by atoms with Gasteiger partial charge in [-0.05, 0) is 42.0 Å². The molecule has 146 valence electrons. The van der Waals surface area contributed by atoms with E-state index >= 15 is 0 Å². The van der Waals surface area contributed by atoms with Crippen LogP contribution in [0.2, 0.25) is 5.02 Å². The Labute approximate surface area is 174 Å². The minimum Gasteiger partial charge on any atom is -0.361 e. The fourth-order valence-electron chi connectivity index (χ4n) is 3.51. The zero-order valence-electron chi connectivity index (χ0n) is 15.9. The van der Waals surface area contributed by atoms with Crippen LogP contribution in [0.1, 0.15) is 34.6 Å². The van der Waals surface area contributed by atoms with E-state index in [0.717, 1.165) is 22.5 Å². The molecular weight excluding hydrogens is 386 g/mol. The van der Waals surface area contributed by atoms with Crippen molar-refractivity contribution < 1.29 is 9.59 Å². The second-order valence-electron chi connectivity index (χ2n) is 6.92. The van der Waals surface area contributed by atoms with Crippen molar-refractivity contribution in [3.05, 3.63) is 94.5 Å². The zero-order chi connectivity index (χ0) is 20.4. The number of nitrogens with one attached hydrogen (secondary N) is 2. The number of carbonyl (C=O) groups excluding carboxylic acids is 2. The van der Waals surface area contributed by atoms with E-state index in [1.54, 1.807) is 4.90 Å². The Balaban J connectivity index is 1.63. The third kappa shape index (κ3) is 3.96. The molecule has 0 aromatic heterocycles. The summed E-state index contributed by atoms with van der Waals surface area (Å²) in [4.78, 5) is 26.1. The average Bonchev–Trinajstić information content (AvgIpc) is 2.97. The molecule has 29 heavy (non-hydrogen) atoms. The molecule has 0 unspecified atom stereocenters. The second-order valence-corrected chi connectivity index (χ2v) is 7.32. The van der Waals surface area contributed by atoms with Gasteiger partial charge in [0.1, 0.15) is 6.17 Å². The first-order valence-corrected chi connectivity index (χ1v) is 9.68. The van der Waals surface area contributed by atoms with Gasteiger partial charge in [-0.25, -0.2) is 0 Å². The zero-order valence-corrected chi connectivity index (χ0v) is 16.6. The highest BCUT2D eigenvalue weighted by molar-refractivity contribution is 6.31. The van der Waals surface area contributed by atoms with E-state index in [9.17, 15) is 9.59 Å². The van der Waals surface area contributed by atoms with E-state index in [1.165, 1.54) is 6.92 Å². The monoisotopic (exact) mass is 405 g/mol. The SMILES string of the molecule is CC(=O)Nc1ccc(N[C@H]2c3ccccc3C(=O)N2Cc2ccccc2Cl)cc1. The molecule has 3 aromatic rings. The van der Waals surface area contributed by atoms with Gasteiger partial charge < -0.3 is 15.5 Å². The lowest BCUT2D eigenvalue weighted by atomic mass is 10.1. The van der Waals surface area contributed by atoms with Gasteiger partial charge >= 0.3 is 0 Å². The van der Waals surface area contributed by atoms with E-state index in [2.05, 4.69) is 10.6 Å². The number of amides is 2. The lowest BCUT2D eigenvalue weighted by Crippen LogP contribution is -2.32. The van der Waals surface area contributed by atoms with Crippen LogP contribution in [-0.4, -0.2) is 16.7 Å². The summed E-state index contributed by atoms with van der Waals surface area (Å²) < 4.78 is 0. The summed E-state index contributed by atoms with van der Waals surface area (Å²) in [6.45, 7) is 1.87. The molecule has 0 fully saturated rings. The number of carbonyl (C=O) groups is 2. The van der Waals surface area contributed by atoms with Gasteiger partial charge in [-0.3, -0.25) is 9.59 Å². The number of hydrogen-bond donors (Lipinski definition) is 2. The van der Waals surface area contributed by atoms with Crippen molar-refractivity contribution in [2.75, 3.05) is 10.6 Å². The molecule has 0 bridgehead atoms. The van der Waals surface area contributed by atoms with Crippen LogP contribution in [0.25, 0.3) is 0 Å². The first-order chi connectivity index (χ1) is 14.0. The van der Waals surface area contributed by atoms with Gasteiger partial charge in [0.15, 0.2) is 0 Å². The number of anilines is 2. The van der Waals surface area contributed by atoms with E-state index in [4.69, 9.17) is 11.6 Å². The van der Waals surface area contributed by atoms with Crippen molar-refractivity contribution in [3.8, 4) is 0 Å². The largest absolute Gasteiger partial charge is 0.361 e. The van der Waals surface area contributed by atoms with Crippen molar-refractivity contribution in [3.63, 3.8) is 0 Å². The Morgan fingerprint density at radius 1 is 0.966 bits per heavy atom. The van der Waals surface area contributed by atoms with E-state index < -0.39 is 0 Å². The summed E-state index contributed by atoms with van der Waals surface area (Å²) in [6, 6.07) is 22.6. The predicted molar refractivity (Wildman–Crippen MR) is 115 cm³/mol. The van der Waals surface area contributed by atoms with E-state index in [-0.39, 0.29) is 18.0 Å². The van der Waals surface area contributed by atoms with Crippen molar-refractivity contribution in [2.24, 2.45) is 0 Å². The summed E-state index contributed by atoms with van der Waals surface area (Å²) >= 11 is 6.34. The third-order valence-electron chi connectivity index (χ3n) is 4.87. The van der Waals surface area contributed by atoms with Crippen LogP contribution < -0.4 is 10.6 Å². The highest BCUT2D eigenvalue weighted by atomic mass is 35.5. The van der Waals surface area contributed by atoms with Gasteiger partial charge in [0, 0.05) is 41.0 Å². The molecule has 5 nitrogen and oxygen atoms in total. The predicted octanol–water partition coefficient (Wildman–Crippen LogP) is 5.07. The van der Waals surface area contributed by atoms with Crippen molar-refractivity contribution >= 4 is 34.8 Å². The topological polar surface area (TPSA) is 61.4 Å². The van der Waals surface area contributed by atoms with Crippen LogP contribution in [0.5, 0.6) is 0 Å². The lowest BCUT2D eigenvalue weighted by Gasteiger charge is -2.27. The van der Waals surface area contributed by atoms with Crippen LogP contribution in [0, 0.1) is 0 Å². The highest BCUT2D eigenvalue weighted by Gasteiger charge is 2.36. The Morgan fingerprint density at radius 3 is 2.34 bits per heavy atom. The molecule has 1 heterocycles. The quantitative estimate of drug-likeness (QED) is 0.623. The van der Waals surface area contributed by atoms with Crippen LogP contribution in [0.3, 0.4) is 0 Å². The first kappa shape index (κ1) is 19.0. The fourth-order valence-corrected chi connectivity index (χ4v) is 3.71. The number of benzene rings is 3. The van der Waals surface area contributed by atoms with Gasteiger partial charge in [-0.1, -0.05) is 48.0 Å². The summed E-state index contributed by atoms with van der Waals surface area (Å²) in [5.74, 6) is -0.153. The maximum Gasteiger partial charge on any atom is 0.256 e. The van der Waals surface area contributed by atoms with Gasteiger partial charge in [0.2, 0.25) is 5.91 Å². The molecule has 0 spiro atoms. The summed E-state index contributed by atoms with van der Waals surface area (Å²) in [5.41, 5.74) is 4.07. The number of halogens is 1. The lowest BCUT2D eigenvalue weighted by molar-refractivity contribution is -0.114. The normalized spacial score (nSPS) is 15.2. The Hall–Kier alpha value is -3.31. The third-order valence-corrected chi connectivity index (χ3v) is 5.23. The van der Waals surface area contributed by atoms with E-state index in [0.29, 0.717) is 17.1 Å². The van der Waals surface area contributed by atoms with Gasteiger partial charge in [0.25, 0.3) is 5.91 Å². The highest BCUT2D eigenvalue weighted by Crippen LogP contribution is 2.36. The number of hydrogen-bond acceptors (Lipinski definition) is 3. The molecule has 2 N–H and O–H groups in total. The Bertz CT molecular complexity index is 1070.